The summed E-state index contributed by atoms with van der Waals surface area (Å²) in [5, 5.41) is 0.543. The first-order chi connectivity index (χ1) is 17.0. The van der Waals surface area contributed by atoms with Gasteiger partial charge in [-0.05, 0) is 42.1 Å². The molecule has 0 saturated carbocycles. The Morgan fingerprint density at radius 2 is 1.97 bits per heavy atom. The van der Waals surface area contributed by atoms with E-state index in [0.29, 0.717) is 48.7 Å². The van der Waals surface area contributed by atoms with Gasteiger partial charge in [0.05, 0.1) is 30.8 Å². The number of carbonyl (C=O) groups is 1. The van der Waals surface area contributed by atoms with Crippen LogP contribution in [0.15, 0.2) is 30.3 Å². The molecule has 1 saturated heterocycles. The Balaban J connectivity index is 1.27. The van der Waals surface area contributed by atoms with Gasteiger partial charge in [-0.2, -0.15) is 0 Å². The van der Waals surface area contributed by atoms with Crippen LogP contribution < -0.4 is 14.2 Å². The molecule has 0 aromatic heterocycles. The Hall–Kier alpha value is -2.44. The third-order valence-corrected chi connectivity index (χ3v) is 7.22. The van der Waals surface area contributed by atoms with Crippen molar-refractivity contribution in [2.24, 2.45) is 11.8 Å². The summed E-state index contributed by atoms with van der Waals surface area (Å²) in [6.07, 6.45) is 2.69. The minimum Gasteiger partial charge on any atom is -0.493 e. The standard InChI is InChI=1S/C28H35ClN2O4/c1-19(2)15-31(16-20-13-24(29)27-25(14-20)33-10-4-11-34-27)28(32)23-7-9-30(18-23)17-22-6-3-5-21-8-12-35-26(21)22/h3,5-6,13-14,19,23H,4,7-12,15-18H2,1-2H3/t23-/m1/s1. The zero-order chi connectivity index (χ0) is 24.4. The molecule has 0 unspecified atom stereocenters. The van der Waals surface area contributed by atoms with Gasteiger partial charge in [0.1, 0.15) is 5.75 Å². The highest BCUT2D eigenvalue weighted by Crippen LogP contribution is 2.38. The van der Waals surface area contributed by atoms with E-state index in [2.05, 4.69) is 36.9 Å². The number of carbonyl (C=O) groups excluding carboxylic acids is 1. The Morgan fingerprint density at radius 1 is 1.14 bits per heavy atom. The van der Waals surface area contributed by atoms with Crippen LogP contribution in [0.4, 0.5) is 0 Å². The molecule has 3 aliphatic heterocycles. The van der Waals surface area contributed by atoms with Crippen LogP contribution in [0.25, 0.3) is 0 Å². The smallest absolute Gasteiger partial charge is 0.227 e. The van der Waals surface area contributed by atoms with Crippen LogP contribution in [0, 0.1) is 11.8 Å². The molecule has 0 bridgehead atoms. The normalized spacial score (nSPS) is 19.4. The van der Waals surface area contributed by atoms with E-state index in [0.717, 1.165) is 56.8 Å². The summed E-state index contributed by atoms with van der Waals surface area (Å²) < 4.78 is 17.5. The summed E-state index contributed by atoms with van der Waals surface area (Å²) in [7, 11) is 0. The fourth-order valence-electron chi connectivity index (χ4n) is 5.35. The largest absolute Gasteiger partial charge is 0.493 e. The summed E-state index contributed by atoms with van der Waals surface area (Å²) in [6.45, 7) is 10.0. The monoisotopic (exact) mass is 498 g/mol. The number of hydrogen-bond donors (Lipinski definition) is 0. The van der Waals surface area contributed by atoms with Crippen molar-refractivity contribution in [2.45, 2.75) is 46.2 Å². The molecule has 2 aromatic carbocycles. The number of halogens is 1. The van der Waals surface area contributed by atoms with Crippen molar-refractivity contribution in [3.8, 4) is 17.2 Å². The number of fused-ring (bicyclic) bond motifs is 2. The van der Waals surface area contributed by atoms with Crippen molar-refractivity contribution in [1.29, 1.82) is 0 Å². The Kier molecular flexibility index (Phi) is 7.40. The molecule has 0 spiro atoms. The molecule has 7 heteroatoms. The maximum Gasteiger partial charge on any atom is 0.227 e. The number of likely N-dealkylation sites (tertiary alicyclic amines) is 1. The quantitative estimate of drug-likeness (QED) is 0.541. The van der Waals surface area contributed by atoms with Gasteiger partial charge in [0.15, 0.2) is 11.5 Å². The summed E-state index contributed by atoms with van der Waals surface area (Å²) in [6, 6.07) is 10.3. The molecule has 0 N–H and O–H groups in total. The lowest BCUT2D eigenvalue weighted by atomic mass is 10.0. The molecular formula is C28H35ClN2O4. The number of rotatable bonds is 7. The lowest BCUT2D eigenvalue weighted by molar-refractivity contribution is -0.136. The number of nitrogens with zero attached hydrogens (tertiary/aromatic N) is 2. The Morgan fingerprint density at radius 3 is 2.83 bits per heavy atom. The highest BCUT2D eigenvalue weighted by atomic mass is 35.5. The maximum atomic E-state index is 13.7. The molecule has 6 nitrogen and oxygen atoms in total. The van der Waals surface area contributed by atoms with Crippen molar-refractivity contribution in [1.82, 2.24) is 9.80 Å². The zero-order valence-corrected chi connectivity index (χ0v) is 21.5. The topological polar surface area (TPSA) is 51.2 Å². The number of amides is 1. The Bertz CT molecular complexity index is 1070. The average Bonchev–Trinajstić information content (AvgIpc) is 3.43. The van der Waals surface area contributed by atoms with E-state index < -0.39 is 0 Å². The summed E-state index contributed by atoms with van der Waals surface area (Å²) in [5.41, 5.74) is 3.50. The third kappa shape index (κ3) is 5.54. The van der Waals surface area contributed by atoms with E-state index in [-0.39, 0.29) is 11.8 Å². The SMILES string of the molecule is CC(C)CN(Cc1cc(Cl)c2c(c1)OCCCO2)C(=O)[C@@H]1CCN(Cc2cccc3c2OCC3)C1. The second-order valence-corrected chi connectivity index (χ2v) is 10.7. The zero-order valence-electron chi connectivity index (χ0n) is 20.7. The van der Waals surface area contributed by atoms with Crippen molar-refractivity contribution < 1.29 is 19.0 Å². The first-order valence-corrected chi connectivity index (χ1v) is 13.2. The molecule has 3 heterocycles. The summed E-state index contributed by atoms with van der Waals surface area (Å²) >= 11 is 6.53. The van der Waals surface area contributed by atoms with E-state index in [4.69, 9.17) is 25.8 Å². The van der Waals surface area contributed by atoms with Gasteiger partial charge in [0.2, 0.25) is 5.91 Å². The van der Waals surface area contributed by atoms with Crippen LogP contribution in [0.3, 0.4) is 0 Å². The van der Waals surface area contributed by atoms with Crippen molar-refractivity contribution in [3.63, 3.8) is 0 Å². The lowest BCUT2D eigenvalue weighted by Crippen LogP contribution is -2.39. The molecule has 0 aliphatic carbocycles. The second-order valence-electron chi connectivity index (χ2n) is 10.3. The molecule has 5 rings (SSSR count). The molecule has 1 atom stereocenters. The first kappa shape index (κ1) is 24.3. The molecular weight excluding hydrogens is 464 g/mol. The van der Waals surface area contributed by atoms with E-state index in [1.807, 2.05) is 17.0 Å². The van der Waals surface area contributed by atoms with E-state index >= 15 is 0 Å². The van der Waals surface area contributed by atoms with Gasteiger partial charge < -0.3 is 19.1 Å². The number of benzene rings is 2. The predicted molar refractivity (Wildman–Crippen MR) is 136 cm³/mol. The van der Waals surface area contributed by atoms with Gasteiger partial charge in [-0.15, -0.1) is 0 Å². The van der Waals surface area contributed by atoms with Crippen LogP contribution in [0.5, 0.6) is 17.2 Å². The van der Waals surface area contributed by atoms with Gasteiger partial charge in [-0.25, -0.2) is 0 Å². The van der Waals surface area contributed by atoms with Crippen LogP contribution in [0.2, 0.25) is 5.02 Å². The Labute approximate surface area is 213 Å². The third-order valence-electron chi connectivity index (χ3n) is 6.94. The fourth-order valence-corrected chi connectivity index (χ4v) is 5.64. The van der Waals surface area contributed by atoms with Crippen molar-refractivity contribution in [2.75, 3.05) is 39.5 Å². The molecule has 35 heavy (non-hydrogen) atoms. The minimum atomic E-state index is 0.00214. The van der Waals surface area contributed by atoms with Gasteiger partial charge in [0.25, 0.3) is 0 Å². The number of ether oxygens (including phenoxy) is 3. The van der Waals surface area contributed by atoms with Crippen molar-refractivity contribution >= 4 is 17.5 Å². The molecule has 3 aliphatic rings. The molecule has 1 amide bonds. The van der Waals surface area contributed by atoms with Crippen LogP contribution >= 0.6 is 11.6 Å². The molecule has 0 radical (unpaired) electrons. The fraction of sp³-hybridized carbons (Fsp3) is 0.536. The van der Waals surface area contributed by atoms with Crippen LogP contribution in [-0.2, 0) is 24.3 Å². The minimum absolute atomic E-state index is 0.00214. The second kappa shape index (κ2) is 10.7. The molecule has 2 aromatic rings. The van der Waals surface area contributed by atoms with Crippen LogP contribution in [0.1, 0.15) is 43.4 Å². The van der Waals surface area contributed by atoms with E-state index in [1.54, 1.807) is 0 Å². The van der Waals surface area contributed by atoms with Gasteiger partial charge in [-0.1, -0.05) is 43.6 Å². The van der Waals surface area contributed by atoms with Crippen LogP contribution in [-0.4, -0.2) is 55.2 Å². The van der Waals surface area contributed by atoms with Gasteiger partial charge in [0, 0.05) is 44.6 Å². The van der Waals surface area contributed by atoms with Crippen molar-refractivity contribution in [3.05, 3.63) is 52.0 Å². The van der Waals surface area contributed by atoms with E-state index in [1.165, 1.54) is 11.1 Å². The molecule has 1 fully saturated rings. The lowest BCUT2D eigenvalue weighted by Gasteiger charge is -2.28. The highest BCUT2D eigenvalue weighted by Gasteiger charge is 2.32. The maximum absolute atomic E-state index is 13.7. The number of hydrogen-bond acceptors (Lipinski definition) is 5. The average molecular weight is 499 g/mol. The highest BCUT2D eigenvalue weighted by molar-refractivity contribution is 6.32. The van der Waals surface area contributed by atoms with E-state index in [9.17, 15) is 4.79 Å². The van der Waals surface area contributed by atoms with Gasteiger partial charge in [-0.3, -0.25) is 9.69 Å². The summed E-state index contributed by atoms with van der Waals surface area (Å²) in [5.74, 6) is 2.93. The summed E-state index contributed by atoms with van der Waals surface area (Å²) in [4.78, 5) is 18.1. The first-order valence-electron chi connectivity index (χ1n) is 12.8. The number of para-hydroxylation sites is 1. The molecule has 188 valence electrons. The van der Waals surface area contributed by atoms with Gasteiger partial charge >= 0.3 is 0 Å². The predicted octanol–water partition coefficient (Wildman–Crippen LogP) is 4.94.